The largest absolute Gasteiger partial charge is 0.378 e. The topological polar surface area (TPSA) is 75.3 Å². The minimum Gasteiger partial charge on any atom is -0.378 e. The number of hydrogen-bond donors (Lipinski definition) is 1. The van der Waals surface area contributed by atoms with E-state index in [1.54, 1.807) is 13.8 Å². The monoisotopic (exact) mass is 315 g/mol. The fourth-order valence-corrected chi connectivity index (χ4v) is 2.32. The van der Waals surface area contributed by atoms with E-state index in [0.29, 0.717) is 5.82 Å². The van der Waals surface area contributed by atoms with Crippen LogP contribution in [0.3, 0.4) is 0 Å². The number of morpholine rings is 1. The van der Waals surface area contributed by atoms with E-state index in [0.717, 1.165) is 4.90 Å². The predicted octanol–water partition coefficient (Wildman–Crippen LogP) is 1.15. The van der Waals surface area contributed by atoms with Gasteiger partial charge in [-0.3, -0.25) is 9.59 Å². The quantitative estimate of drug-likeness (QED) is 0.908. The van der Waals surface area contributed by atoms with Crippen molar-refractivity contribution in [2.75, 3.05) is 26.3 Å². The number of nitrogens with one attached hydrogen (secondary N) is 1. The smallest absolute Gasteiger partial charge is 0.357 e. The summed E-state index contributed by atoms with van der Waals surface area (Å²) in [6.45, 7) is 5.48. The number of rotatable bonds is 3. The number of carbonyl (C=O) groups is 1. The van der Waals surface area contributed by atoms with Gasteiger partial charge in [-0.1, -0.05) is 13.8 Å². The number of halogens is 2. The fourth-order valence-electron chi connectivity index (χ4n) is 2.32. The van der Waals surface area contributed by atoms with E-state index >= 15 is 0 Å². The fraction of sp³-hybridized carbons (Fsp3) is 0.643. The number of nitrogens with zero attached hydrogens (tertiary/aromatic N) is 2. The molecule has 6 nitrogen and oxygen atoms in total. The van der Waals surface area contributed by atoms with Gasteiger partial charge >= 0.3 is 5.92 Å². The highest BCUT2D eigenvalue weighted by atomic mass is 19.3. The molecule has 2 rings (SSSR count). The summed E-state index contributed by atoms with van der Waals surface area (Å²) < 4.78 is 34.0. The standard InChI is InChI=1S/C14H19F2N3O3/c1-8(2)11-17-9(3)10(12(20)18-11)14(15,16)13(21)19-4-6-22-7-5-19/h8H,4-7H2,1-3H3,(H,17,18,20). The number of H-pyrrole nitrogens is 1. The number of hydrogen-bond acceptors (Lipinski definition) is 4. The second kappa shape index (κ2) is 6.12. The predicted molar refractivity (Wildman–Crippen MR) is 75.0 cm³/mol. The van der Waals surface area contributed by atoms with Crippen molar-refractivity contribution in [3.05, 3.63) is 27.4 Å². The molecule has 0 radical (unpaired) electrons. The molecule has 0 aliphatic carbocycles. The van der Waals surface area contributed by atoms with E-state index in [9.17, 15) is 18.4 Å². The normalized spacial score (nSPS) is 16.2. The van der Waals surface area contributed by atoms with Crippen LogP contribution in [-0.2, 0) is 15.5 Å². The van der Waals surface area contributed by atoms with Crippen molar-refractivity contribution in [3.8, 4) is 0 Å². The summed E-state index contributed by atoms with van der Waals surface area (Å²) >= 11 is 0. The Balaban J connectivity index is 2.40. The minimum absolute atomic E-state index is 0.0862. The average molecular weight is 315 g/mol. The molecule has 1 fully saturated rings. The van der Waals surface area contributed by atoms with Crippen LogP contribution >= 0.6 is 0 Å². The van der Waals surface area contributed by atoms with Gasteiger partial charge in [-0.15, -0.1) is 0 Å². The lowest BCUT2D eigenvalue weighted by atomic mass is 10.1. The zero-order valence-electron chi connectivity index (χ0n) is 12.8. The summed E-state index contributed by atoms with van der Waals surface area (Å²) in [5.41, 5.74) is -1.98. The van der Waals surface area contributed by atoms with Gasteiger partial charge in [-0.05, 0) is 6.92 Å². The van der Waals surface area contributed by atoms with E-state index in [4.69, 9.17) is 4.74 Å². The van der Waals surface area contributed by atoms with Gasteiger partial charge in [0.1, 0.15) is 11.4 Å². The molecule has 1 aromatic rings. The second-order valence-electron chi connectivity index (χ2n) is 5.55. The van der Waals surface area contributed by atoms with Gasteiger partial charge in [-0.25, -0.2) is 4.98 Å². The van der Waals surface area contributed by atoms with Gasteiger partial charge in [0, 0.05) is 19.0 Å². The third-order valence-corrected chi connectivity index (χ3v) is 3.55. The van der Waals surface area contributed by atoms with Gasteiger partial charge in [-0.2, -0.15) is 8.78 Å². The zero-order valence-corrected chi connectivity index (χ0v) is 12.8. The highest BCUT2D eigenvalue weighted by Crippen LogP contribution is 2.30. The number of ether oxygens (including phenoxy) is 1. The lowest BCUT2D eigenvalue weighted by Crippen LogP contribution is -2.49. The Kier molecular flexibility index (Phi) is 4.60. The van der Waals surface area contributed by atoms with Crippen LogP contribution in [0.5, 0.6) is 0 Å². The summed E-state index contributed by atoms with van der Waals surface area (Å²) in [6.07, 6.45) is 0. The van der Waals surface area contributed by atoms with E-state index in [-0.39, 0.29) is 37.9 Å². The summed E-state index contributed by atoms with van der Waals surface area (Å²) in [5.74, 6) is -5.08. The molecule has 0 saturated carbocycles. The van der Waals surface area contributed by atoms with E-state index in [1.165, 1.54) is 6.92 Å². The van der Waals surface area contributed by atoms with Crippen molar-refractivity contribution in [2.24, 2.45) is 0 Å². The average Bonchev–Trinajstić information content (AvgIpc) is 2.46. The lowest BCUT2D eigenvalue weighted by Gasteiger charge is -2.30. The first kappa shape index (κ1) is 16.5. The molecule has 0 atom stereocenters. The Morgan fingerprint density at radius 3 is 2.45 bits per heavy atom. The molecular weight excluding hydrogens is 296 g/mol. The maximum atomic E-state index is 14.5. The van der Waals surface area contributed by atoms with Gasteiger partial charge in [0.15, 0.2) is 0 Å². The molecule has 8 heteroatoms. The van der Waals surface area contributed by atoms with Gasteiger partial charge < -0.3 is 14.6 Å². The molecule has 1 N–H and O–H groups in total. The third-order valence-electron chi connectivity index (χ3n) is 3.55. The molecule has 1 aliphatic rings. The zero-order chi connectivity index (χ0) is 16.5. The van der Waals surface area contributed by atoms with Crippen molar-refractivity contribution < 1.29 is 18.3 Å². The van der Waals surface area contributed by atoms with Crippen molar-refractivity contribution in [3.63, 3.8) is 0 Å². The number of aromatic nitrogens is 2. The highest BCUT2D eigenvalue weighted by molar-refractivity contribution is 5.85. The van der Waals surface area contributed by atoms with Crippen LogP contribution in [0.15, 0.2) is 4.79 Å². The lowest BCUT2D eigenvalue weighted by molar-refractivity contribution is -0.163. The van der Waals surface area contributed by atoms with Crippen LogP contribution in [0.1, 0.15) is 36.8 Å². The maximum Gasteiger partial charge on any atom is 0.357 e. The first-order valence-electron chi connectivity index (χ1n) is 7.11. The van der Waals surface area contributed by atoms with Crippen LogP contribution in [0.25, 0.3) is 0 Å². The molecular formula is C14H19F2N3O3. The maximum absolute atomic E-state index is 14.5. The van der Waals surface area contributed by atoms with Crippen molar-refractivity contribution >= 4 is 5.91 Å². The van der Waals surface area contributed by atoms with Crippen LogP contribution < -0.4 is 5.56 Å². The van der Waals surface area contributed by atoms with Gasteiger partial charge in [0.25, 0.3) is 11.5 Å². The second-order valence-corrected chi connectivity index (χ2v) is 5.55. The van der Waals surface area contributed by atoms with Crippen LogP contribution in [-0.4, -0.2) is 47.1 Å². The van der Waals surface area contributed by atoms with E-state index in [1.807, 2.05) is 0 Å². The number of aromatic amines is 1. The minimum atomic E-state index is -3.91. The number of amides is 1. The molecule has 22 heavy (non-hydrogen) atoms. The van der Waals surface area contributed by atoms with E-state index < -0.39 is 23.0 Å². The van der Waals surface area contributed by atoms with Crippen LogP contribution in [0.2, 0.25) is 0 Å². The molecule has 0 bridgehead atoms. The summed E-state index contributed by atoms with van der Waals surface area (Å²) in [4.78, 5) is 31.5. The summed E-state index contributed by atoms with van der Waals surface area (Å²) in [6, 6.07) is 0. The summed E-state index contributed by atoms with van der Waals surface area (Å²) in [5, 5.41) is 0. The Bertz CT molecular complexity index is 622. The molecule has 0 unspecified atom stereocenters. The van der Waals surface area contributed by atoms with Crippen molar-refractivity contribution in [2.45, 2.75) is 32.6 Å². The van der Waals surface area contributed by atoms with Gasteiger partial charge in [0.2, 0.25) is 0 Å². The van der Waals surface area contributed by atoms with Gasteiger partial charge in [0.05, 0.1) is 18.9 Å². The molecule has 1 amide bonds. The number of carbonyl (C=O) groups excluding carboxylic acids is 1. The highest BCUT2D eigenvalue weighted by Gasteiger charge is 2.48. The molecule has 1 saturated heterocycles. The molecule has 0 spiro atoms. The Morgan fingerprint density at radius 1 is 1.36 bits per heavy atom. The first-order valence-corrected chi connectivity index (χ1v) is 7.11. The van der Waals surface area contributed by atoms with E-state index in [2.05, 4.69) is 9.97 Å². The molecule has 2 heterocycles. The molecule has 0 aromatic carbocycles. The SMILES string of the molecule is Cc1nc(C(C)C)[nH]c(=O)c1C(F)(F)C(=O)N1CCOCC1. The number of aryl methyl sites for hydroxylation is 1. The summed E-state index contributed by atoms with van der Waals surface area (Å²) in [7, 11) is 0. The Labute approximate surface area is 126 Å². The van der Waals surface area contributed by atoms with Crippen LogP contribution in [0, 0.1) is 6.92 Å². The third kappa shape index (κ3) is 3.01. The molecule has 1 aliphatic heterocycles. The number of alkyl halides is 2. The first-order chi connectivity index (χ1) is 10.2. The molecule has 122 valence electrons. The Morgan fingerprint density at radius 2 is 1.95 bits per heavy atom. The van der Waals surface area contributed by atoms with Crippen molar-refractivity contribution in [1.82, 2.24) is 14.9 Å². The van der Waals surface area contributed by atoms with Crippen LogP contribution in [0.4, 0.5) is 8.78 Å². The molecule has 1 aromatic heterocycles. The van der Waals surface area contributed by atoms with Crippen molar-refractivity contribution in [1.29, 1.82) is 0 Å². The Hall–Kier alpha value is -1.83.